The molecule has 1 saturated heterocycles. The van der Waals surface area contributed by atoms with Gasteiger partial charge in [-0.05, 0) is 42.4 Å². The molecule has 0 radical (unpaired) electrons. The number of carbonyl (C=O) groups excluding carboxylic acids is 1. The fourth-order valence-corrected chi connectivity index (χ4v) is 4.02. The molecular formula is C20H29N4OS+. The number of aromatic nitrogens is 2. The molecule has 1 aliphatic heterocycles. The number of rotatable bonds is 5. The highest BCUT2D eigenvalue weighted by molar-refractivity contribution is 7.15. The summed E-state index contributed by atoms with van der Waals surface area (Å²) in [4.78, 5) is 14.1. The van der Waals surface area contributed by atoms with Gasteiger partial charge in [0, 0.05) is 5.56 Å². The van der Waals surface area contributed by atoms with Crippen LogP contribution in [0.15, 0.2) is 24.3 Å². The van der Waals surface area contributed by atoms with Gasteiger partial charge in [0.2, 0.25) is 5.13 Å². The fraction of sp³-hybridized carbons (Fsp3) is 0.550. The van der Waals surface area contributed by atoms with Gasteiger partial charge in [-0.15, -0.1) is 10.2 Å². The molecule has 1 aliphatic rings. The van der Waals surface area contributed by atoms with Gasteiger partial charge >= 0.3 is 0 Å². The highest BCUT2D eigenvalue weighted by Crippen LogP contribution is 2.23. The standard InChI is InChI=1S/C20H28N4OS/c1-20(2,3)16-9-7-15(8-10-16)18(25)21-19-23-22-17(26-19)11-14-24-12-5-4-6-13-24/h7-10H,4-6,11-14H2,1-3H3,(H,21,23,25)/p+1. The first kappa shape index (κ1) is 19.0. The van der Waals surface area contributed by atoms with Crippen molar-refractivity contribution in [3.05, 3.63) is 40.4 Å². The molecular weight excluding hydrogens is 344 g/mol. The zero-order valence-electron chi connectivity index (χ0n) is 16.0. The van der Waals surface area contributed by atoms with E-state index in [2.05, 4.69) is 36.3 Å². The molecule has 26 heavy (non-hydrogen) atoms. The van der Waals surface area contributed by atoms with Crippen molar-refractivity contribution in [3.8, 4) is 0 Å². The summed E-state index contributed by atoms with van der Waals surface area (Å²) >= 11 is 1.48. The summed E-state index contributed by atoms with van der Waals surface area (Å²) in [6, 6.07) is 7.78. The lowest BCUT2D eigenvalue weighted by atomic mass is 9.87. The lowest BCUT2D eigenvalue weighted by Crippen LogP contribution is -3.13. The first-order chi connectivity index (χ1) is 12.4. The molecule has 1 fully saturated rings. The molecule has 1 aromatic heterocycles. The Bertz CT molecular complexity index is 727. The molecule has 5 nitrogen and oxygen atoms in total. The van der Waals surface area contributed by atoms with Gasteiger partial charge in [0.1, 0.15) is 5.01 Å². The van der Waals surface area contributed by atoms with E-state index < -0.39 is 0 Å². The van der Waals surface area contributed by atoms with Crippen LogP contribution in [0.3, 0.4) is 0 Å². The quantitative estimate of drug-likeness (QED) is 0.847. The Hall–Kier alpha value is -1.79. The molecule has 2 aromatic rings. The number of amides is 1. The molecule has 2 heterocycles. The maximum absolute atomic E-state index is 12.4. The molecule has 1 aromatic carbocycles. The second-order valence-electron chi connectivity index (χ2n) is 8.09. The van der Waals surface area contributed by atoms with Crippen LogP contribution in [0.2, 0.25) is 0 Å². The summed E-state index contributed by atoms with van der Waals surface area (Å²) in [5.74, 6) is -0.130. The number of likely N-dealkylation sites (tertiary alicyclic amines) is 1. The predicted molar refractivity (Wildman–Crippen MR) is 106 cm³/mol. The largest absolute Gasteiger partial charge is 0.335 e. The number of nitrogens with one attached hydrogen (secondary N) is 2. The van der Waals surface area contributed by atoms with Crippen LogP contribution in [-0.4, -0.2) is 35.7 Å². The molecule has 0 aliphatic carbocycles. The molecule has 0 saturated carbocycles. The number of piperidine rings is 1. The highest BCUT2D eigenvalue weighted by Gasteiger charge is 2.17. The van der Waals surface area contributed by atoms with E-state index in [0.29, 0.717) is 10.7 Å². The predicted octanol–water partition coefficient (Wildman–Crippen LogP) is 2.70. The Kier molecular flexibility index (Phi) is 6.04. The SMILES string of the molecule is CC(C)(C)c1ccc(C(=O)Nc2nnc(CC[NH+]3CCCCC3)s2)cc1. The Labute approximate surface area is 159 Å². The molecule has 6 heteroatoms. The molecule has 0 unspecified atom stereocenters. The minimum absolute atomic E-state index is 0.0828. The third-order valence-corrected chi connectivity index (χ3v) is 5.85. The van der Waals surface area contributed by atoms with Crippen molar-refractivity contribution in [2.45, 2.75) is 51.9 Å². The number of nitrogens with zero attached hydrogens (tertiary/aromatic N) is 2. The maximum Gasteiger partial charge on any atom is 0.257 e. The molecule has 1 amide bonds. The average molecular weight is 374 g/mol. The van der Waals surface area contributed by atoms with E-state index in [9.17, 15) is 4.79 Å². The van der Waals surface area contributed by atoms with Crippen molar-refractivity contribution >= 4 is 22.4 Å². The number of anilines is 1. The van der Waals surface area contributed by atoms with E-state index in [-0.39, 0.29) is 11.3 Å². The Morgan fingerprint density at radius 2 is 1.81 bits per heavy atom. The summed E-state index contributed by atoms with van der Waals surface area (Å²) in [5, 5.41) is 12.8. The lowest BCUT2D eigenvalue weighted by molar-refractivity contribution is -0.904. The van der Waals surface area contributed by atoms with E-state index >= 15 is 0 Å². The van der Waals surface area contributed by atoms with Crippen LogP contribution in [-0.2, 0) is 11.8 Å². The minimum atomic E-state index is -0.130. The van der Waals surface area contributed by atoms with Gasteiger partial charge < -0.3 is 4.90 Å². The summed E-state index contributed by atoms with van der Waals surface area (Å²) in [5.41, 5.74) is 1.94. The van der Waals surface area contributed by atoms with Crippen LogP contribution in [0.25, 0.3) is 0 Å². The normalized spacial score (nSPS) is 15.8. The maximum atomic E-state index is 12.4. The third kappa shape index (κ3) is 5.11. The van der Waals surface area contributed by atoms with Gasteiger partial charge in [0.25, 0.3) is 5.91 Å². The van der Waals surface area contributed by atoms with Crippen molar-refractivity contribution in [1.82, 2.24) is 10.2 Å². The fourth-order valence-electron chi connectivity index (χ4n) is 3.28. The smallest absolute Gasteiger partial charge is 0.257 e. The Balaban J connectivity index is 1.53. The van der Waals surface area contributed by atoms with Gasteiger partial charge in [-0.3, -0.25) is 10.1 Å². The zero-order valence-corrected chi connectivity index (χ0v) is 16.8. The Morgan fingerprint density at radius 1 is 1.12 bits per heavy atom. The summed E-state index contributed by atoms with van der Waals surface area (Å²) in [7, 11) is 0. The van der Waals surface area contributed by atoms with Crippen LogP contribution < -0.4 is 10.2 Å². The van der Waals surface area contributed by atoms with Gasteiger partial charge in [-0.2, -0.15) is 0 Å². The molecule has 140 valence electrons. The van der Waals surface area contributed by atoms with Crippen molar-refractivity contribution in [2.24, 2.45) is 0 Å². The monoisotopic (exact) mass is 373 g/mol. The van der Waals surface area contributed by atoms with Gasteiger partial charge in [0.05, 0.1) is 26.1 Å². The Morgan fingerprint density at radius 3 is 2.46 bits per heavy atom. The van der Waals surface area contributed by atoms with Crippen LogP contribution in [0.4, 0.5) is 5.13 Å². The van der Waals surface area contributed by atoms with E-state index in [1.165, 1.54) is 49.3 Å². The van der Waals surface area contributed by atoms with Crippen molar-refractivity contribution < 1.29 is 9.69 Å². The van der Waals surface area contributed by atoms with E-state index in [1.807, 2.05) is 24.3 Å². The van der Waals surface area contributed by atoms with E-state index in [0.717, 1.165) is 18.0 Å². The second-order valence-corrected chi connectivity index (χ2v) is 9.16. The minimum Gasteiger partial charge on any atom is -0.335 e. The van der Waals surface area contributed by atoms with Crippen molar-refractivity contribution in [3.63, 3.8) is 0 Å². The second kappa shape index (κ2) is 8.27. The molecule has 0 spiro atoms. The number of benzene rings is 1. The number of quaternary nitrogens is 1. The average Bonchev–Trinajstić information content (AvgIpc) is 3.07. The molecule has 0 bridgehead atoms. The molecule has 0 atom stereocenters. The molecule has 3 rings (SSSR count). The summed E-state index contributed by atoms with van der Waals surface area (Å²) in [6.45, 7) is 10.1. The van der Waals surface area contributed by atoms with Crippen LogP contribution >= 0.6 is 11.3 Å². The first-order valence-electron chi connectivity index (χ1n) is 9.50. The first-order valence-corrected chi connectivity index (χ1v) is 10.3. The van der Waals surface area contributed by atoms with Crippen LogP contribution in [0.5, 0.6) is 0 Å². The van der Waals surface area contributed by atoms with Crippen LogP contribution in [0, 0.1) is 0 Å². The zero-order chi connectivity index (χ0) is 18.6. The van der Waals surface area contributed by atoms with Gasteiger partial charge in [0.15, 0.2) is 0 Å². The lowest BCUT2D eigenvalue weighted by Gasteiger charge is -2.22. The van der Waals surface area contributed by atoms with Gasteiger partial charge in [-0.25, -0.2) is 0 Å². The van der Waals surface area contributed by atoms with Gasteiger partial charge in [-0.1, -0.05) is 44.2 Å². The topological polar surface area (TPSA) is 59.3 Å². The van der Waals surface area contributed by atoms with Crippen molar-refractivity contribution in [1.29, 1.82) is 0 Å². The van der Waals surface area contributed by atoms with E-state index in [1.54, 1.807) is 4.90 Å². The number of carbonyl (C=O) groups is 1. The summed E-state index contributed by atoms with van der Waals surface area (Å²) < 4.78 is 0. The molecule has 2 N–H and O–H groups in total. The third-order valence-electron chi connectivity index (χ3n) is 4.95. The van der Waals surface area contributed by atoms with Crippen LogP contribution in [0.1, 0.15) is 61.0 Å². The number of hydrogen-bond acceptors (Lipinski definition) is 4. The van der Waals surface area contributed by atoms with Crippen molar-refractivity contribution in [2.75, 3.05) is 25.0 Å². The number of hydrogen-bond donors (Lipinski definition) is 2. The van der Waals surface area contributed by atoms with E-state index in [4.69, 9.17) is 0 Å². The summed E-state index contributed by atoms with van der Waals surface area (Å²) in [6.07, 6.45) is 4.97. The highest BCUT2D eigenvalue weighted by atomic mass is 32.1.